The van der Waals surface area contributed by atoms with Crippen LogP contribution >= 0.6 is 22.9 Å². The van der Waals surface area contributed by atoms with Crippen LogP contribution in [0.25, 0.3) is 33.2 Å². The average Bonchev–Trinajstić information content (AvgIpc) is 3.23. The Morgan fingerprint density at radius 1 is 1.07 bits per heavy atom. The summed E-state index contributed by atoms with van der Waals surface area (Å²) in [7, 11) is 1.85. The van der Waals surface area contributed by atoms with Crippen molar-refractivity contribution in [1.82, 2.24) is 14.8 Å². The van der Waals surface area contributed by atoms with E-state index in [-0.39, 0.29) is 5.56 Å². The van der Waals surface area contributed by atoms with E-state index in [2.05, 4.69) is 5.10 Å². The Labute approximate surface area is 183 Å². The molecule has 0 unspecified atom stereocenters. The Kier molecular flexibility index (Phi) is 5.24. The maximum atomic E-state index is 13.5. The summed E-state index contributed by atoms with van der Waals surface area (Å²) in [4.78, 5) is 6.83. The largest absolute Gasteiger partial charge is 0.270 e. The molecule has 0 fully saturated rings. The highest BCUT2D eigenvalue weighted by molar-refractivity contribution is 7.16. The van der Waals surface area contributed by atoms with E-state index < -0.39 is 5.92 Å². The van der Waals surface area contributed by atoms with Gasteiger partial charge in [0.15, 0.2) is 11.6 Å². The fourth-order valence-corrected chi connectivity index (χ4v) is 4.74. The van der Waals surface area contributed by atoms with Crippen LogP contribution in [-0.2, 0) is 13.0 Å². The second-order valence-electron chi connectivity index (χ2n) is 7.36. The van der Waals surface area contributed by atoms with E-state index in [0.717, 1.165) is 44.8 Å². The van der Waals surface area contributed by atoms with Crippen LogP contribution in [-0.4, -0.2) is 14.8 Å². The number of hydrogen-bond acceptors (Lipinski definition) is 3. The molecule has 154 valence electrons. The van der Waals surface area contributed by atoms with Gasteiger partial charge in [-0.25, -0.2) is 18.4 Å². The van der Waals surface area contributed by atoms with E-state index in [1.807, 2.05) is 45.2 Å². The van der Waals surface area contributed by atoms with Crippen molar-refractivity contribution in [1.29, 1.82) is 0 Å². The SMILES string of the molecule is Cc1cccc(Cl)c1-c1nc(-c2cc(-c3ccc(C(C)(F)F)cc3)sc2C)n(C)n1. The molecule has 0 N–H and O–H groups in total. The Hall–Kier alpha value is -2.57. The highest BCUT2D eigenvalue weighted by Crippen LogP contribution is 2.38. The number of benzene rings is 2. The van der Waals surface area contributed by atoms with Gasteiger partial charge in [-0.15, -0.1) is 11.3 Å². The molecule has 7 heteroatoms. The summed E-state index contributed by atoms with van der Waals surface area (Å²) in [6.45, 7) is 4.91. The molecule has 4 rings (SSSR count). The molecule has 0 aliphatic heterocycles. The third-order valence-corrected chi connectivity index (χ3v) is 6.46. The Bertz CT molecular complexity index is 1200. The Morgan fingerprint density at radius 3 is 2.40 bits per heavy atom. The lowest BCUT2D eigenvalue weighted by atomic mass is 10.1. The van der Waals surface area contributed by atoms with E-state index in [9.17, 15) is 8.78 Å². The molecular formula is C23H20ClF2N3S. The first-order chi connectivity index (χ1) is 14.1. The van der Waals surface area contributed by atoms with Crippen LogP contribution in [0.15, 0.2) is 48.5 Å². The lowest BCUT2D eigenvalue weighted by Gasteiger charge is -2.10. The van der Waals surface area contributed by atoms with Crippen molar-refractivity contribution in [2.45, 2.75) is 26.7 Å². The van der Waals surface area contributed by atoms with Crippen LogP contribution in [0.2, 0.25) is 5.02 Å². The van der Waals surface area contributed by atoms with Crippen LogP contribution in [0.3, 0.4) is 0 Å². The number of aromatic nitrogens is 3. The number of thiophene rings is 1. The number of aryl methyl sites for hydroxylation is 3. The number of rotatable bonds is 4. The van der Waals surface area contributed by atoms with Crippen LogP contribution < -0.4 is 0 Å². The number of halogens is 3. The topological polar surface area (TPSA) is 30.7 Å². The fraction of sp³-hybridized carbons (Fsp3) is 0.217. The van der Waals surface area contributed by atoms with Crippen LogP contribution in [0, 0.1) is 13.8 Å². The quantitative estimate of drug-likeness (QED) is 0.332. The van der Waals surface area contributed by atoms with Crippen LogP contribution in [0.1, 0.15) is 22.9 Å². The molecule has 30 heavy (non-hydrogen) atoms. The molecule has 0 bridgehead atoms. The van der Waals surface area contributed by atoms with Crippen molar-refractivity contribution in [3.05, 3.63) is 69.6 Å². The van der Waals surface area contributed by atoms with Crippen LogP contribution in [0.4, 0.5) is 8.78 Å². The van der Waals surface area contributed by atoms with Gasteiger partial charge in [0.2, 0.25) is 0 Å². The number of nitrogens with zero attached hydrogens (tertiary/aromatic N) is 3. The average molecular weight is 444 g/mol. The lowest BCUT2D eigenvalue weighted by molar-refractivity contribution is 0.0175. The van der Waals surface area contributed by atoms with Crippen molar-refractivity contribution >= 4 is 22.9 Å². The van der Waals surface area contributed by atoms with E-state index in [4.69, 9.17) is 16.6 Å². The molecule has 0 atom stereocenters. The third-order valence-electron chi connectivity index (χ3n) is 5.04. The molecular weight excluding hydrogens is 424 g/mol. The molecule has 0 saturated carbocycles. The van der Waals surface area contributed by atoms with Gasteiger partial charge in [-0.05, 0) is 37.1 Å². The first-order valence-electron chi connectivity index (χ1n) is 9.41. The Balaban J connectivity index is 1.73. The smallest absolute Gasteiger partial charge is 0.248 e. The van der Waals surface area contributed by atoms with Gasteiger partial charge in [-0.2, -0.15) is 5.10 Å². The van der Waals surface area contributed by atoms with Gasteiger partial charge in [0.25, 0.3) is 5.92 Å². The molecule has 2 heterocycles. The minimum atomic E-state index is -2.85. The lowest BCUT2D eigenvalue weighted by Crippen LogP contribution is -2.06. The number of alkyl halides is 2. The highest BCUT2D eigenvalue weighted by atomic mass is 35.5. The van der Waals surface area contributed by atoms with Crippen molar-refractivity contribution in [2.24, 2.45) is 7.05 Å². The summed E-state index contributed by atoms with van der Waals surface area (Å²) in [5.41, 5.74) is 3.70. The van der Waals surface area contributed by atoms with Gasteiger partial charge in [0, 0.05) is 40.4 Å². The first-order valence-corrected chi connectivity index (χ1v) is 10.6. The van der Waals surface area contributed by atoms with Crippen molar-refractivity contribution in [2.75, 3.05) is 0 Å². The van der Waals surface area contributed by atoms with E-state index in [0.29, 0.717) is 10.8 Å². The van der Waals surface area contributed by atoms with E-state index in [1.165, 1.54) is 12.1 Å². The van der Waals surface area contributed by atoms with Gasteiger partial charge >= 0.3 is 0 Å². The molecule has 2 aromatic heterocycles. The third kappa shape index (κ3) is 3.77. The van der Waals surface area contributed by atoms with Crippen LogP contribution in [0.5, 0.6) is 0 Å². The minimum Gasteiger partial charge on any atom is -0.248 e. The molecule has 0 aliphatic rings. The Morgan fingerprint density at radius 2 is 1.77 bits per heavy atom. The predicted molar refractivity (Wildman–Crippen MR) is 119 cm³/mol. The zero-order valence-electron chi connectivity index (χ0n) is 17.0. The van der Waals surface area contributed by atoms with Gasteiger partial charge < -0.3 is 0 Å². The standard InChI is InChI=1S/C23H20ClF2N3S/c1-13-6-5-7-18(24)20(13)21-27-22(29(4)28-21)17-12-19(30-14(17)2)15-8-10-16(11-9-15)23(3,25)26/h5-12H,1-4H3. The summed E-state index contributed by atoms with van der Waals surface area (Å²) >= 11 is 7.99. The summed E-state index contributed by atoms with van der Waals surface area (Å²) in [5.74, 6) is -1.53. The molecule has 0 radical (unpaired) electrons. The van der Waals surface area contributed by atoms with Crippen molar-refractivity contribution in [3.8, 4) is 33.2 Å². The molecule has 4 aromatic rings. The summed E-state index contributed by atoms with van der Waals surface area (Å²) in [5, 5.41) is 5.20. The summed E-state index contributed by atoms with van der Waals surface area (Å²) in [6, 6.07) is 14.2. The van der Waals surface area contributed by atoms with Gasteiger partial charge in [-0.1, -0.05) is 48.0 Å². The molecule has 0 spiro atoms. The summed E-state index contributed by atoms with van der Waals surface area (Å²) < 4.78 is 28.7. The maximum Gasteiger partial charge on any atom is 0.270 e. The number of hydrogen-bond donors (Lipinski definition) is 0. The second-order valence-corrected chi connectivity index (χ2v) is 9.02. The molecule has 2 aromatic carbocycles. The zero-order valence-corrected chi connectivity index (χ0v) is 18.6. The van der Waals surface area contributed by atoms with Crippen molar-refractivity contribution in [3.63, 3.8) is 0 Å². The minimum absolute atomic E-state index is 0.00723. The van der Waals surface area contributed by atoms with Gasteiger partial charge in [0.05, 0.1) is 5.02 Å². The predicted octanol–water partition coefficient (Wildman–Crippen LogP) is 7.26. The van der Waals surface area contributed by atoms with Gasteiger partial charge in [-0.3, -0.25) is 0 Å². The second kappa shape index (κ2) is 7.60. The zero-order chi connectivity index (χ0) is 21.6. The first kappa shape index (κ1) is 20.7. The maximum absolute atomic E-state index is 13.5. The van der Waals surface area contributed by atoms with Crippen molar-refractivity contribution < 1.29 is 8.78 Å². The normalized spacial score (nSPS) is 11.8. The van der Waals surface area contributed by atoms with E-state index >= 15 is 0 Å². The monoisotopic (exact) mass is 443 g/mol. The molecule has 0 aliphatic carbocycles. The molecule has 3 nitrogen and oxygen atoms in total. The van der Waals surface area contributed by atoms with Gasteiger partial charge in [0.1, 0.15) is 0 Å². The highest BCUT2D eigenvalue weighted by Gasteiger charge is 2.24. The fourth-order valence-electron chi connectivity index (χ4n) is 3.41. The van der Waals surface area contributed by atoms with E-state index in [1.54, 1.807) is 28.2 Å². The molecule has 0 amide bonds. The summed E-state index contributed by atoms with van der Waals surface area (Å²) in [6.07, 6.45) is 0. The molecule has 0 saturated heterocycles.